The van der Waals surface area contributed by atoms with Crippen molar-refractivity contribution >= 4 is 11.6 Å². The lowest BCUT2D eigenvalue weighted by Gasteiger charge is -2.25. The van der Waals surface area contributed by atoms with Crippen LogP contribution in [0.1, 0.15) is 28.9 Å². The van der Waals surface area contributed by atoms with E-state index in [1.807, 2.05) is 13.0 Å². The summed E-state index contributed by atoms with van der Waals surface area (Å²) in [6.07, 6.45) is 0. The van der Waals surface area contributed by atoms with Gasteiger partial charge in [-0.1, -0.05) is 12.1 Å². The molecule has 1 unspecified atom stereocenters. The molecule has 0 aliphatic rings. The maximum atomic E-state index is 13.8. The van der Waals surface area contributed by atoms with Gasteiger partial charge in [-0.2, -0.15) is 0 Å². The van der Waals surface area contributed by atoms with Gasteiger partial charge in [-0.25, -0.2) is 4.39 Å². The third-order valence-electron chi connectivity index (χ3n) is 3.48. The highest BCUT2D eigenvalue weighted by atomic mass is 19.1. The molecular formula is C16H17FN2O2. The Hall–Kier alpha value is -2.56. The number of nitrogens with zero attached hydrogens (tertiary/aromatic N) is 1. The number of phenolic OH excluding ortho intramolecular Hbond substituents is 1. The Morgan fingerprint density at radius 3 is 2.62 bits per heavy atom. The van der Waals surface area contributed by atoms with Crippen molar-refractivity contribution in [1.29, 1.82) is 0 Å². The van der Waals surface area contributed by atoms with Crippen molar-refractivity contribution in [2.24, 2.45) is 0 Å². The summed E-state index contributed by atoms with van der Waals surface area (Å²) in [5.74, 6) is -1.41. The fourth-order valence-electron chi connectivity index (χ4n) is 2.09. The first-order valence-corrected chi connectivity index (χ1v) is 6.51. The van der Waals surface area contributed by atoms with E-state index in [4.69, 9.17) is 5.73 Å². The summed E-state index contributed by atoms with van der Waals surface area (Å²) < 4.78 is 13.8. The van der Waals surface area contributed by atoms with E-state index in [9.17, 15) is 14.3 Å². The van der Waals surface area contributed by atoms with E-state index in [0.29, 0.717) is 5.69 Å². The van der Waals surface area contributed by atoms with Gasteiger partial charge in [-0.15, -0.1) is 0 Å². The van der Waals surface area contributed by atoms with Gasteiger partial charge in [0, 0.05) is 18.8 Å². The maximum absolute atomic E-state index is 13.8. The highest BCUT2D eigenvalue weighted by Gasteiger charge is 2.21. The zero-order chi connectivity index (χ0) is 15.6. The molecule has 0 radical (unpaired) electrons. The molecule has 4 nitrogen and oxygen atoms in total. The van der Waals surface area contributed by atoms with Gasteiger partial charge in [0.2, 0.25) is 0 Å². The molecule has 2 aromatic carbocycles. The van der Waals surface area contributed by atoms with E-state index in [1.54, 1.807) is 25.2 Å². The number of anilines is 1. The van der Waals surface area contributed by atoms with Gasteiger partial charge in [0.15, 0.2) is 0 Å². The van der Waals surface area contributed by atoms with Crippen LogP contribution in [0, 0.1) is 5.82 Å². The number of hydrogen-bond donors (Lipinski definition) is 2. The lowest BCUT2D eigenvalue weighted by Crippen LogP contribution is -2.30. The number of nitrogen functional groups attached to an aromatic ring is 1. The van der Waals surface area contributed by atoms with Gasteiger partial charge >= 0.3 is 0 Å². The number of halogens is 1. The normalized spacial score (nSPS) is 12.0. The second-order valence-electron chi connectivity index (χ2n) is 4.93. The molecule has 2 rings (SSSR count). The van der Waals surface area contributed by atoms with Gasteiger partial charge in [0.1, 0.15) is 11.6 Å². The topological polar surface area (TPSA) is 66.6 Å². The number of rotatable bonds is 3. The Balaban J connectivity index is 2.26. The van der Waals surface area contributed by atoms with Crippen molar-refractivity contribution < 1.29 is 14.3 Å². The SMILES string of the molecule is CC(c1cccc(N)c1)N(C)C(=O)c1ccc(O)cc1F. The molecule has 110 valence electrons. The molecule has 0 saturated heterocycles. The van der Waals surface area contributed by atoms with Gasteiger partial charge in [0.25, 0.3) is 5.91 Å². The highest BCUT2D eigenvalue weighted by Crippen LogP contribution is 2.24. The van der Waals surface area contributed by atoms with Crippen LogP contribution in [0.2, 0.25) is 0 Å². The summed E-state index contributed by atoms with van der Waals surface area (Å²) in [5, 5.41) is 9.20. The summed E-state index contributed by atoms with van der Waals surface area (Å²) in [4.78, 5) is 13.8. The van der Waals surface area contributed by atoms with Gasteiger partial charge < -0.3 is 15.7 Å². The molecule has 2 aromatic rings. The molecular weight excluding hydrogens is 271 g/mol. The number of carbonyl (C=O) groups excluding carboxylic acids is 1. The smallest absolute Gasteiger partial charge is 0.257 e. The second kappa shape index (κ2) is 5.83. The van der Waals surface area contributed by atoms with Crippen molar-refractivity contribution in [3.05, 3.63) is 59.4 Å². The van der Waals surface area contributed by atoms with E-state index >= 15 is 0 Å². The van der Waals surface area contributed by atoms with E-state index in [-0.39, 0.29) is 17.4 Å². The van der Waals surface area contributed by atoms with Crippen LogP contribution < -0.4 is 5.73 Å². The number of benzene rings is 2. The van der Waals surface area contributed by atoms with Crippen LogP contribution >= 0.6 is 0 Å². The highest BCUT2D eigenvalue weighted by molar-refractivity contribution is 5.94. The molecule has 1 amide bonds. The van der Waals surface area contributed by atoms with Crippen molar-refractivity contribution in [1.82, 2.24) is 4.90 Å². The van der Waals surface area contributed by atoms with Crippen molar-refractivity contribution in [2.75, 3.05) is 12.8 Å². The van der Waals surface area contributed by atoms with Crippen LogP contribution in [0.15, 0.2) is 42.5 Å². The second-order valence-corrected chi connectivity index (χ2v) is 4.93. The Labute approximate surface area is 122 Å². The fraction of sp³-hybridized carbons (Fsp3) is 0.188. The van der Waals surface area contributed by atoms with E-state index < -0.39 is 11.7 Å². The molecule has 0 heterocycles. The van der Waals surface area contributed by atoms with Crippen molar-refractivity contribution in [3.63, 3.8) is 0 Å². The minimum atomic E-state index is -0.744. The molecule has 0 aliphatic carbocycles. The molecule has 0 aliphatic heterocycles. The molecule has 3 N–H and O–H groups in total. The number of phenols is 1. The quantitative estimate of drug-likeness (QED) is 0.853. The van der Waals surface area contributed by atoms with E-state index in [2.05, 4.69) is 0 Å². The molecule has 0 spiro atoms. The van der Waals surface area contributed by atoms with Crippen LogP contribution in [0.25, 0.3) is 0 Å². The van der Waals surface area contributed by atoms with Crippen LogP contribution in [-0.2, 0) is 0 Å². The Bertz CT molecular complexity index is 673. The van der Waals surface area contributed by atoms with Gasteiger partial charge in [-0.3, -0.25) is 4.79 Å². The summed E-state index contributed by atoms with van der Waals surface area (Å²) >= 11 is 0. The summed E-state index contributed by atoms with van der Waals surface area (Å²) in [5.41, 5.74) is 7.13. The van der Waals surface area contributed by atoms with Crippen LogP contribution in [0.3, 0.4) is 0 Å². The predicted molar refractivity (Wildman–Crippen MR) is 79.4 cm³/mol. The Morgan fingerprint density at radius 2 is 2.00 bits per heavy atom. The van der Waals surface area contributed by atoms with E-state index in [0.717, 1.165) is 11.6 Å². The van der Waals surface area contributed by atoms with Gasteiger partial charge in [0.05, 0.1) is 11.6 Å². The van der Waals surface area contributed by atoms with Crippen molar-refractivity contribution in [2.45, 2.75) is 13.0 Å². The first kappa shape index (κ1) is 14.8. The molecule has 0 bridgehead atoms. The molecule has 5 heteroatoms. The zero-order valence-electron chi connectivity index (χ0n) is 11.9. The average Bonchev–Trinajstić information content (AvgIpc) is 2.45. The summed E-state index contributed by atoms with van der Waals surface area (Å²) in [7, 11) is 1.60. The molecule has 0 saturated carbocycles. The first-order chi connectivity index (χ1) is 9.90. The third kappa shape index (κ3) is 3.13. The van der Waals surface area contributed by atoms with Crippen LogP contribution in [-0.4, -0.2) is 23.0 Å². The monoisotopic (exact) mass is 288 g/mol. The van der Waals surface area contributed by atoms with E-state index in [1.165, 1.54) is 17.0 Å². The molecule has 1 atom stereocenters. The number of nitrogens with two attached hydrogens (primary N) is 1. The third-order valence-corrected chi connectivity index (χ3v) is 3.48. The maximum Gasteiger partial charge on any atom is 0.257 e. The lowest BCUT2D eigenvalue weighted by molar-refractivity contribution is 0.0738. The van der Waals surface area contributed by atoms with Crippen molar-refractivity contribution in [3.8, 4) is 5.75 Å². The molecule has 0 aromatic heterocycles. The van der Waals surface area contributed by atoms with Gasteiger partial charge in [-0.05, 0) is 36.8 Å². The number of carbonyl (C=O) groups is 1. The zero-order valence-corrected chi connectivity index (χ0v) is 11.9. The summed E-state index contributed by atoms with van der Waals surface area (Å²) in [6.45, 7) is 1.84. The molecule has 21 heavy (non-hydrogen) atoms. The standard InChI is InChI=1S/C16H17FN2O2/c1-10(11-4-3-5-12(18)8-11)19(2)16(21)14-7-6-13(20)9-15(14)17/h3-10,20H,18H2,1-2H3. The average molecular weight is 288 g/mol. The summed E-state index contributed by atoms with van der Waals surface area (Å²) in [6, 6.07) is 10.4. The Morgan fingerprint density at radius 1 is 1.29 bits per heavy atom. The lowest BCUT2D eigenvalue weighted by atomic mass is 10.1. The van der Waals surface area contributed by atoms with Crippen LogP contribution in [0.4, 0.5) is 10.1 Å². The first-order valence-electron chi connectivity index (χ1n) is 6.51. The minimum absolute atomic E-state index is 0.0777. The largest absolute Gasteiger partial charge is 0.508 e. The predicted octanol–water partition coefficient (Wildman–Crippen LogP) is 2.95. The number of aromatic hydroxyl groups is 1. The minimum Gasteiger partial charge on any atom is -0.508 e. The fourth-order valence-corrected chi connectivity index (χ4v) is 2.09. The number of amides is 1. The number of hydrogen-bond acceptors (Lipinski definition) is 3. The van der Waals surface area contributed by atoms with Crippen LogP contribution in [0.5, 0.6) is 5.75 Å². The Kier molecular flexibility index (Phi) is 4.12. The molecule has 0 fully saturated rings.